The van der Waals surface area contributed by atoms with Gasteiger partial charge in [0.2, 0.25) is 0 Å². The highest BCUT2D eigenvalue weighted by Gasteiger charge is 2.16. The smallest absolute Gasteiger partial charge is 0.148 e. The third kappa shape index (κ3) is 2.51. The summed E-state index contributed by atoms with van der Waals surface area (Å²) in [6.07, 6.45) is 2.22. The molecule has 0 fully saturated rings. The lowest BCUT2D eigenvalue weighted by molar-refractivity contribution is 0.668. The van der Waals surface area contributed by atoms with E-state index in [-0.39, 0.29) is 0 Å². The fraction of sp³-hybridized carbons (Fsp3) is 0.462. The Kier molecular flexibility index (Phi) is 3.91. The van der Waals surface area contributed by atoms with E-state index >= 15 is 0 Å². The zero-order chi connectivity index (χ0) is 13.1. The summed E-state index contributed by atoms with van der Waals surface area (Å²) in [5, 5.41) is 9.97. The third-order valence-electron chi connectivity index (χ3n) is 3.04. The van der Waals surface area contributed by atoms with Gasteiger partial charge < -0.3 is 11.1 Å². The molecule has 18 heavy (non-hydrogen) atoms. The van der Waals surface area contributed by atoms with Gasteiger partial charge in [0.05, 0.1) is 17.4 Å². The standard InChI is InChI=1S/C13H20N4S/c1-4-6-10(11-7-5-8-18-11)15-13-12(14)9(2)16-17(13)3/h5,7-8,10,15H,4,6,14H2,1-3H3. The highest BCUT2D eigenvalue weighted by atomic mass is 32.1. The zero-order valence-electron chi connectivity index (χ0n) is 11.1. The molecule has 2 heterocycles. The molecule has 1 atom stereocenters. The first-order valence-electron chi connectivity index (χ1n) is 6.22. The number of anilines is 2. The van der Waals surface area contributed by atoms with E-state index in [9.17, 15) is 0 Å². The molecule has 0 aliphatic heterocycles. The molecule has 2 rings (SSSR count). The van der Waals surface area contributed by atoms with Crippen molar-refractivity contribution in [2.45, 2.75) is 32.7 Å². The summed E-state index contributed by atoms with van der Waals surface area (Å²) in [5.41, 5.74) is 7.68. The van der Waals surface area contributed by atoms with Crippen LogP contribution in [-0.2, 0) is 7.05 Å². The van der Waals surface area contributed by atoms with Gasteiger partial charge in [-0.1, -0.05) is 19.4 Å². The largest absolute Gasteiger partial charge is 0.394 e. The lowest BCUT2D eigenvalue weighted by Gasteiger charge is -2.18. The maximum Gasteiger partial charge on any atom is 0.148 e. The molecule has 0 aromatic carbocycles. The first kappa shape index (κ1) is 13.0. The van der Waals surface area contributed by atoms with Crippen LogP contribution in [0.4, 0.5) is 11.5 Å². The Morgan fingerprint density at radius 2 is 2.33 bits per heavy atom. The lowest BCUT2D eigenvalue weighted by atomic mass is 10.1. The van der Waals surface area contributed by atoms with Crippen molar-refractivity contribution in [3.05, 3.63) is 28.1 Å². The predicted molar refractivity (Wildman–Crippen MR) is 77.9 cm³/mol. The van der Waals surface area contributed by atoms with Crippen molar-refractivity contribution >= 4 is 22.8 Å². The van der Waals surface area contributed by atoms with E-state index in [0.29, 0.717) is 6.04 Å². The number of aryl methyl sites for hydroxylation is 2. The average Bonchev–Trinajstić information content (AvgIpc) is 2.93. The maximum absolute atomic E-state index is 6.06. The number of hydrogen-bond donors (Lipinski definition) is 2. The van der Waals surface area contributed by atoms with E-state index in [1.165, 1.54) is 4.88 Å². The minimum atomic E-state index is 0.312. The minimum Gasteiger partial charge on any atom is -0.394 e. The van der Waals surface area contributed by atoms with Crippen LogP contribution in [-0.4, -0.2) is 9.78 Å². The molecule has 2 aromatic rings. The molecule has 0 aliphatic carbocycles. The van der Waals surface area contributed by atoms with Gasteiger partial charge in [-0.05, 0) is 24.8 Å². The second kappa shape index (κ2) is 5.44. The molecular weight excluding hydrogens is 244 g/mol. The Morgan fingerprint density at radius 3 is 2.83 bits per heavy atom. The predicted octanol–water partition coefficient (Wildman–Crippen LogP) is 3.33. The van der Waals surface area contributed by atoms with Gasteiger partial charge in [-0.15, -0.1) is 11.3 Å². The second-order valence-corrected chi connectivity index (χ2v) is 5.45. The van der Waals surface area contributed by atoms with Gasteiger partial charge >= 0.3 is 0 Å². The maximum atomic E-state index is 6.06. The first-order valence-corrected chi connectivity index (χ1v) is 7.10. The van der Waals surface area contributed by atoms with Crippen molar-refractivity contribution in [1.82, 2.24) is 9.78 Å². The van der Waals surface area contributed by atoms with E-state index in [0.717, 1.165) is 30.0 Å². The van der Waals surface area contributed by atoms with Crippen molar-refractivity contribution in [2.24, 2.45) is 7.05 Å². The number of hydrogen-bond acceptors (Lipinski definition) is 4. The van der Waals surface area contributed by atoms with E-state index < -0.39 is 0 Å². The number of nitrogens with zero attached hydrogens (tertiary/aromatic N) is 2. The van der Waals surface area contributed by atoms with Crippen LogP contribution in [0, 0.1) is 6.92 Å². The van der Waals surface area contributed by atoms with Crippen LogP contribution >= 0.6 is 11.3 Å². The van der Waals surface area contributed by atoms with E-state index in [2.05, 4.69) is 34.9 Å². The van der Waals surface area contributed by atoms with Crippen molar-refractivity contribution in [3.63, 3.8) is 0 Å². The fourth-order valence-electron chi connectivity index (χ4n) is 2.07. The molecule has 0 bridgehead atoms. The van der Waals surface area contributed by atoms with E-state index in [1.54, 1.807) is 11.3 Å². The SMILES string of the molecule is CCCC(Nc1c(N)c(C)nn1C)c1cccs1. The van der Waals surface area contributed by atoms with Crippen LogP contribution in [0.1, 0.15) is 36.4 Å². The Bertz CT molecular complexity index is 501. The van der Waals surface area contributed by atoms with Gasteiger partial charge in [0, 0.05) is 11.9 Å². The van der Waals surface area contributed by atoms with Gasteiger partial charge in [0.15, 0.2) is 0 Å². The second-order valence-electron chi connectivity index (χ2n) is 4.47. The van der Waals surface area contributed by atoms with Gasteiger partial charge in [-0.25, -0.2) is 0 Å². The minimum absolute atomic E-state index is 0.312. The zero-order valence-corrected chi connectivity index (χ0v) is 11.9. The van der Waals surface area contributed by atoms with Crippen LogP contribution in [0.2, 0.25) is 0 Å². The number of thiophene rings is 1. The van der Waals surface area contributed by atoms with Crippen molar-refractivity contribution in [3.8, 4) is 0 Å². The number of nitrogens with one attached hydrogen (secondary N) is 1. The van der Waals surface area contributed by atoms with Crippen molar-refractivity contribution in [1.29, 1.82) is 0 Å². The highest BCUT2D eigenvalue weighted by molar-refractivity contribution is 7.10. The molecule has 5 heteroatoms. The van der Waals surface area contributed by atoms with Crippen molar-refractivity contribution < 1.29 is 0 Å². The van der Waals surface area contributed by atoms with Crippen LogP contribution < -0.4 is 11.1 Å². The van der Waals surface area contributed by atoms with E-state index in [4.69, 9.17) is 5.73 Å². The molecule has 2 aromatic heterocycles. The molecule has 0 saturated heterocycles. The number of aromatic nitrogens is 2. The fourth-order valence-corrected chi connectivity index (χ4v) is 2.89. The van der Waals surface area contributed by atoms with Crippen LogP contribution in [0.5, 0.6) is 0 Å². The summed E-state index contributed by atoms with van der Waals surface area (Å²) in [6, 6.07) is 4.56. The summed E-state index contributed by atoms with van der Waals surface area (Å²) < 4.78 is 1.82. The Balaban J connectivity index is 2.24. The Hall–Kier alpha value is -1.49. The summed E-state index contributed by atoms with van der Waals surface area (Å²) in [4.78, 5) is 1.34. The molecule has 0 saturated carbocycles. The number of nitrogen functional groups attached to an aromatic ring is 1. The van der Waals surface area contributed by atoms with Gasteiger partial charge in [-0.3, -0.25) is 4.68 Å². The van der Waals surface area contributed by atoms with Gasteiger partial charge in [-0.2, -0.15) is 5.10 Å². The van der Waals surface area contributed by atoms with E-state index in [1.807, 2.05) is 18.7 Å². The molecule has 3 N–H and O–H groups in total. The quantitative estimate of drug-likeness (QED) is 0.871. The number of nitrogens with two attached hydrogens (primary N) is 1. The lowest BCUT2D eigenvalue weighted by Crippen LogP contribution is -2.13. The summed E-state index contributed by atoms with van der Waals surface area (Å²) in [6.45, 7) is 4.13. The van der Waals surface area contributed by atoms with Crippen LogP contribution in [0.3, 0.4) is 0 Å². The molecule has 0 amide bonds. The highest BCUT2D eigenvalue weighted by Crippen LogP contribution is 2.30. The topological polar surface area (TPSA) is 55.9 Å². The summed E-state index contributed by atoms with van der Waals surface area (Å²) >= 11 is 1.78. The molecular formula is C13H20N4S. The summed E-state index contributed by atoms with van der Waals surface area (Å²) in [7, 11) is 1.92. The summed E-state index contributed by atoms with van der Waals surface area (Å²) in [5.74, 6) is 0.916. The van der Waals surface area contributed by atoms with Gasteiger partial charge in [0.1, 0.15) is 5.82 Å². The molecule has 0 radical (unpaired) electrons. The first-order chi connectivity index (χ1) is 8.63. The normalized spacial score (nSPS) is 12.6. The van der Waals surface area contributed by atoms with Crippen LogP contribution in [0.15, 0.2) is 17.5 Å². The Labute approximate surface area is 112 Å². The van der Waals surface area contributed by atoms with Crippen molar-refractivity contribution in [2.75, 3.05) is 11.1 Å². The monoisotopic (exact) mass is 264 g/mol. The third-order valence-corrected chi connectivity index (χ3v) is 4.03. The molecule has 1 unspecified atom stereocenters. The molecule has 98 valence electrons. The molecule has 0 aliphatic rings. The molecule has 0 spiro atoms. The Morgan fingerprint density at radius 1 is 1.56 bits per heavy atom. The number of rotatable bonds is 5. The van der Waals surface area contributed by atoms with Crippen LogP contribution in [0.25, 0.3) is 0 Å². The molecule has 4 nitrogen and oxygen atoms in total. The van der Waals surface area contributed by atoms with Gasteiger partial charge in [0.25, 0.3) is 0 Å². The average molecular weight is 264 g/mol.